The molecule has 2 N–H and O–H groups in total. The minimum atomic E-state index is -0.695. The molecule has 2 aromatic rings. The van der Waals surface area contributed by atoms with Crippen LogP contribution >= 0.6 is 0 Å². The van der Waals surface area contributed by atoms with Gasteiger partial charge in [-0.15, -0.1) is 0 Å². The van der Waals surface area contributed by atoms with Crippen molar-refractivity contribution in [2.24, 2.45) is 5.92 Å². The number of ether oxygens (including phenoxy) is 1. The van der Waals surface area contributed by atoms with Crippen molar-refractivity contribution in [3.05, 3.63) is 59.7 Å². The molecule has 0 aliphatic heterocycles. The molecule has 0 spiro atoms. The third-order valence-electron chi connectivity index (χ3n) is 5.09. The number of esters is 1. The average Bonchev–Trinajstić information content (AvgIpc) is 3.11. The second-order valence-corrected chi connectivity index (χ2v) is 8.41. The van der Waals surface area contributed by atoms with E-state index >= 15 is 0 Å². The summed E-state index contributed by atoms with van der Waals surface area (Å²) in [5.74, 6) is 0.0778. The molecule has 1 heterocycles. The first kappa shape index (κ1) is 24.1. The van der Waals surface area contributed by atoms with Crippen LogP contribution in [0.15, 0.2) is 42.6 Å². The second kappa shape index (κ2) is 12.5. The summed E-state index contributed by atoms with van der Waals surface area (Å²) in [7, 11) is 0. The maximum atomic E-state index is 13.5. The van der Waals surface area contributed by atoms with Crippen molar-refractivity contribution in [1.29, 1.82) is 0 Å². The number of quaternary nitrogens is 1. The van der Waals surface area contributed by atoms with Gasteiger partial charge in [0.2, 0.25) is 0 Å². The third kappa shape index (κ3) is 8.67. The Labute approximate surface area is 179 Å². The number of aliphatic hydroxyl groups is 1. The molecule has 30 heavy (non-hydrogen) atoms. The van der Waals surface area contributed by atoms with E-state index in [1.54, 1.807) is 12.1 Å². The van der Waals surface area contributed by atoms with Gasteiger partial charge in [0.25, 0.3) is 0 Å². The largest absolute Gasteiger partial charge is 0.463 e. The van der Waals surface area contributed by atoms with Gasteiger partial charge in [0.1, 0.15) is 31.6 Å². The van der Waals surface area contributed by atoms with Gasteiger partial charge in [-0.1, -0.05) is 32.9 Å². The maximum absolute atomic E-state index is 13.5. The Morgan fingerprint density at radius 3 is 2.77 bits per heavy atom. The average molecular weight is 420 g/mol. The van der Waals surface area contributed by atoms with E-state index in [4.69, 9.17) is 4.74 Å². The van der Waals surface area contributed by atoms with Crippen LogP contribution in [0.25, 0.3) is 0 Å². The van der Waals surface area contributed by atoms with Gasteiger partial charge in [-0.3, -0.25) is 4.79 Å². The zero-order chi connectivity index (χ0) is 21.9. The molecule has 5 nitrogen and oxygen atoms in total. The van der Waals surface area contributed by atoms with Crippen LogP contribution in [0.5, 0.6) is 0 Å². The molecule has 1 aromatic carbocycles. The number of halogens is 1. The lowest BCUT2D eigenvalue weighted by Gasteiger charge is -2.24. The fourth-order valence-corrected chi connectivity index (χ4v) is 3.47. The number of aromatic nitrogens is 1. The molecule has 0 aliphatic rings. The Morgan fingerprint density at radius 2 is 2.07 bits per heavy atom. The first-order valence-corrected chi connectivity index (χ1v) is 10.9. The summed E-state index contributed by atoms with van der Waals surface area (Å²) in [6.07, 6.45) is 3.47. The van der Waals surface area contributed by atoms with Crippen molar-refractivity contribution < 1.29 is 23.9 Å². The fourth-order valence-electron chi connectivity index (χ4n) is 3.47. The highest BCUT2D eigenvalue weighted by Crippen LogP contribution is 2.09. The fraction of sp³-hybridized carbons (Fsp3) is 0.542. The van der Waals surface area contributed by atoms with E-state index in [0.29, 0.717) is 25.4 Å². The van der Waals surface area contributed by atoms with Gasteiger partial charge in [0, 0.05) is 19.2 Å². The summed E-state index contributed by atoms with van der Waals surface area (Å²) < 4.78 is 20.8. The number of nitrogens with zero attached hydrogens (tertiary/aromatic N) is 1. The highest BCUT2D eigenvalue weighted by Gasteiger charge is 2.19. The van der Waals surface area contributed by atoms with Crippen LogP contribution in [0.4, 0.5) is 4.39 Å². The van der Waals surface area contributed by atoms with Crippen molar-refractivity contribution in [3.63, 3.8) is 0 Å². The Bertz CT molecular complexity index is 775. The van der Waals surface area contributed by atoms with Gasteiger partial charge in [0.05, 0.1) is 12.2 Å². The normalized spacial score (nSPS) is 13.4. The van der Waals surface area contributed by atoms with Gasteiger partial charge in [0.15, 0.2) is 0 Å². The Hall–Kier alpha value is -2.18. The van der Waals surface area contributed by atoms with E-state index in [9.17, 15) is 14.3 Å². The quantitative estimate of drug-likeness (QED) is 0.491. The number of hydrogen-bond acceptors (Lipinski definition) is 3. The summed E-state index contributed by atoms with van der Waals surface area (Å²) in [4.78, 5) is 12.8. The molecule has 1 unspecified atom stereocenters. The van der Waals surface area contributed by atoms with E-state index < -0.39 is 6.10 Å². The Balaban J connectivity index is 2.00. The second-order valence-electron chi connectivity index (χ2n) is 8.41. The van der Waals surface area contributed by atoms with Gasteiger partial charge in [-0.05, 0) is 48.6 Å². The monoisotopic (exact) mass is 419 g/mol. The highest BCUT2D eigenvalue weighted by molar-refractivity contribution is 5.69. The summed E-state index contributed by atoms with van der Waals surface area (Å²) in [5, 5.41) is 10.4. The molecule has 0 amide bonds. The molecule has 0 aliphatic carbocycles. The van der Waals surface area contributed by atoms with E-state index in [-0.39, 0.29) is 18.4 Å². The van der Waals surface area contributed by atoms with Gasteiger partial charge < -0.3 is 19.3 Å². The standard InChI is InChI=1S/C24H35FN2O3/c1-4-7-24(29)30-18-23(28)17-26(13-11-19(2)3)16-22-10-6-12-27(22)15-20-8-5-9-21(25)14-20/h5-6,8-10,12,14,19,23,28H,4,7,11,13,15-18H2,1-3H3/p+1/t23-/m0/s1. The van der Waals surface area contributed by atoms with Gasteiger partial charge >= 0.3 is 5.97 Å². The van der Waals surface area contributed by atoms with Crippen LogP contribution in [-0.2, 0) is 22.6 Å². The number of carbonyl (C=O) groups is 1. The van der Waals surface area contributed by atoms with Crippen LogP contribution in [0.1, 0.15) is 51.3 Å². The number of hydrogen-bond donors (Lipinski definition) is 2. The van der Waals surface area contributed by atoms with Crippen LogP contribution < -0.4 is 4.90 Å². The first-order chi connectivity index (χ1) is 14.4. The Morgan fingerprint density at radius 1 is 1.27 bits per heavy atom. The molecule has 2 atom stereocenters. The number of benzene rings is 1. The lowest BCUT2D eigenvalue weighted by molar-refractivity contribution is -0.917. The van der Waals surface area contributed by atoms with Crippen LogP contribution in [0.2, 0.25) is 0 Å². The van der Waals surface area contributed by atoms with Crippen molar-refractivity contribution in [2.45, 2.75) is 59.2 Å². The third-order valence-corrected chi connectivity index (χ3v) is 5.09. The molecule has 2 rings (SSSR count). The predicted octanol–water partition coefficient (Wildman–Crippen LogP) is 2.81. The molecule has 0 bridgehead atoms. The van der Waals surface area contributed by atoms with E-state index in [0.717, 1.165) is 37.2 Å². The Kier molecular flexibility index (Phi) is 10.0. The zero-order valence-electron chi connectivity index (χ0n) is 18.4. The number of nitrogens with one attached hydrogen (secondary N) is 1. The van der Waals surface area contributed by atoms with E-state index in [2.05, 4.69) is 24.5 Å². The van der Waals surface area contributed by atoms with Crippen molar-refractivity contribution in [3.8, 4) is 0 Å². The summed E-state index contributed by atoms with van der Waals surface area (Å²) >= 11 is 0. The molecule has 0 fully saturated rings. The van der Waals surface area contributed by atoms with Gasteiger partial charge in [-0.2, -0.15) is 0 Å². The minimum absolute atomic E-state index is 0.0360. The zero-order valence-corrected chi connectivity index (χ0v) is 18.4. The molecule has 1 aromatic heterocycles. The maximum Gasteiger partial charge on any atom is 0.305 e. The minimum Gasteiger partial charge on any atom is -0.463 e. The predicted molar refractivity (Wildman–Crippen MR) is 116 cm³/mol. The summed E-state index contributed by atoms with van der Waals surface area (Å²) in [6, 6.07) is 10.7. The van der Waals surface area contributed by atoms with Crippen LogP contribution in [0, 0.1) is 11.7 Å². The van der Waals surface area contributed by atoms with E-state index in [1.165, 1.54) is 11.0 Å². The van der Waals surface area contributed by atoms with Crippen molar-refractivity contribution in [1.82, 2.24) is 4.57 Å². The van der Waals surface area contributed by atoms with Crippen LogP contribution in [0.3, 0.4) is 0 Å². The topological polar surface area (TPSA) is 55.9 Å². The van der Waals surface area contributed by atoms with E-state index in [1.807, 2.05) is 25.3 Å². The van der Waals surface area contributed by atoms with Crippen LogP contribution in [-0.4, -0.2) is 41.4 Å². The highest BCUT2D eigenvalue weighted by atomic mass is 19.1. The molecule has 0 saturated carbocycles. The first-order valence-electron chi connectivity index (χ1n) is 10.9. The molecular weight excluding hydrogens is 383 g/mol. The number of carbonyl (C=O) groups excluding carboxylic acids is 1. The number of aliphatic hydroxyl groups excluding tert-OH is 1. The SMILES string of the molecule is CCCC(=O)OC[C@@H](O)C[NH+](CCC(C)C)Cc1cccn1Cc1cccc(F)c1. The van der Waals surface area contributed by atoms with Crippen molar-refractivity contribution in [2.75, 3.05) is 19.7 Å². The smallest absolute Gasteiger partial charge is 0.305 e. The molecule has 166 valence electrons. The summed E-state index contributed by atoms with van der Waals surface area (Å²) in [5.41, 5.74) is 2.05. The lowest BCUT2D eigenvalue weighted by Crippen LogP contribution is -3.12. The molecular formula is C24H36FN2O3+. The molecule has 6 heteroatoms. The van der Waals surface area contributed by atoms with Crippen molar-refractivity contribution >= 4 is 5.97 Å². The molecule has 0 saturated heterocycles. The lowest BCUT2D eigenvalue weighted by atomic mass is 10.1. The summed E-state index contributed by atoms with van der Waals surface area (Å²) in [6.45, 7) is 9.12. The number of rotatable bonds is 13. The molecule has 0 radical (unpaired) electrons. The van der Waals surface area contributed by atoms with Gasteiger partial charge in [-0.25, -0.2) is 4.39 Å².